The van der Waals surface area contributed by atoms with Crippen LogP contribution < -0.4 is 16.4 Å². The van der Waals surface area contributed by atoms with Crippen molar-refractivity contribution in [3.8, 4) is 0 Å². The number of carbonyl (C=O) groups excluding carboxylic acids is 3. The molecule has 2 unspecified atom stereocenters. The second kappa shape index (κ2) is 11.9. The molecule has 0 radical (unpaired) electrons. The van der Waals surface area contributed by atoms with Gasteiger partial charge in [-0.1, -0.05) is 12.1 Å². The average Bonchev–Trinajstić information content (AvgIpc) is 3.22. The number of amides is 3. The van der Waals surface area contributed by atoms with E-state index in [1.54, 1.807) is 30.6 Å². The maximum atomic E-state index is 13.1. The Morgan fingerprint density at radius 3 is 2.67 bits per heavy atom. The van der Waals surface area contributed by atoms with E-state index in [2.05, 4.69) is 15.6 Å². The molecule has 11 nitrogen and oxygen atoms in total. The van der Waals surface area contributed by atoms with Crippen LogP contribution in [0.2, 0.25) is 0 Å². The van der Waals surface area contributed by atoms with Crippen LogP contribution in [0.1, 0.15) is 71.9 Å². The highest BCUT2D eigenvalue weighted by atomic mass is 16.3. The van der Waals surface area contributed by atoms with E-state index in [9.17, 15) is 19.5 Å². The summed E-state index contributed by atoms with van der Waals surface area (Å²) in [7, 11) is 0. The van der Waals surface area contributed by atoms with Gasteiger partial charge in [0.1, 0.15) is 6.23 Å². The second-order valence-electron chi connectivity index (χ2n) is 11.5. The first-order valence-electron chi connectivity index (χ1n) is 14.7. The second-order valence-corrected chi connectivity index (χ2v) is 11.5. The number of nitrogens with two attached hydrogens (primary N) is 1. The number of carbonyl (C=O) groups is 3. The number of fused-ring (bicyclic) bond motifs is 2. The standard InChI is InChI=1S/C32H35N7O4/c1-18(24(16-33)27-17-35-25-6-2-3-7-26(25)37-27)36-21-13-19(14-21)5-4-12-34-20-8-9-22-23(15-20)32(43)39(31(22)42)28-10-11-29(40)38-30(28)41/h2-3,6-9,15-17,19,21,28,30,34,41H,4-5,10-14,33H2,1H3,(H,38,40). The number of allylic oxidation sites excluding steroid dienone is 1. The number of nitrogens with one attached hydrogen (secondary N) is 2. The molecule has 0 bridgehead atoms. The Balaban J connectivity index is 0.972. The Morgan fingerprint density at radius 1 is 1.14 bits per heavy atom. The van der Waals surface area contributed by atoms with Crippen molar-refractivity contribution in [2.24, 2.45) is 16.6 Å². The molecule has 3 aromatic rings. The first kappa shape index (κ1) is 28.5. The van der Waals surface area contributed by atoms with Crippen molar-refractivity contribution >= 4 is 45.7 Å². The van der Waals surface area contributed by atoms with E-state index in [4.69, 9.17) is 15.7 Å². The monoisotopic (exact) mass is 581 g/mol. The van der Waals surface area contributed by atoms with Gasteiger partial charge in [-0.25, -0.2) is 4.98 Å². The molecule has 3 aliphatic rings. The zero-order chi connectivity index (χ0) is 30.1. The Labute approximate surface area is 249 Å². The van der Waals surface area contributed by atoms with E-state index in [1.807, 2.05) is 31.2 Å². The van der Waals surface area contributed by atoms with Gasteiger partial charge in [-0.3, -0.25) is 29.3 Å². The summed E-state index contributed by atoms with van der Waals surface area (Å²) in [5.74, 6) is -0.578. The van der Waals surface area contributed by atoms with Crippen molar-refractivity contribution in [1.29, 1.82) is 0 Å². The predicted octanol–water partition coefficient (Wildman–Crippen LogP) is 3.25. The molecule has 5 N–H and O–H groups in total. The van der Waals surface area contributed by atoms with Gasteiger partial charge in [0.25, 0.3) is 11.8 Å². The molecule has 222 valence electrons. The number of aromatic nitrogens is 2. The summed E-state index contributed by atoms with van der Waals surface area (Å²) in [4.78, 5) is 52.7. The number of aliphatic hydroxyl groups excluding tert-OH is 1. The molecule has 1 aliphatic carbocycles. The highest BCUT2D eigenvalue weighted by Gasteiger charge is 2.44. The smallest absolute Gasteiger partial charge is 0.262 e. The van der Waals surface area contributed by atoms with Crippen molar-refractivity contribution in [1.82, 2.24) is 20.2 Å². The molecule has 2 fully saturated rings. The Bertz CT molecular complexity index is 1650. The van der Waals surface area contributed by atoms with Crippen molar-refractivity contribution in [3.05, 3.63) is 71.7 Å². The largest absolute Gasteiger partial charge is 0.404 e. The van der Waals surface area contributed by atoms with Crippen LogP contribution >= 0.6 is 0 Å². The maximum Gasteiger partial charge on any atom is 0.262 e. The lowest BCUT2D eigenvalue weighted by Crippen LogP contribution is -2.57. The van der Waals surface area contributed by atoms with E-state index in [-0.39, 0.29) is 24.8 Å². The van der Waals surface area contributed by atoms with Gasteiger partial charge in [0.05, 0.1) is 46.1 Å². The molecule has 2 atom stereocenters. The molecule has 3 amide bonds. The molecule has 3 heterocycles. The quantitative estimate of drug-likeness (QED) is 0.170. The molecule has 2 aromatic carbocycles. The lowest BCUT2D eigenvalue weighted by Gasteiger charge is -2.33. The number of aliphatic hydroxyl groups is 1. The number of benzene rings is 2. The van der Waals surface area contributed by atoms with Crippen LogP contribution in [-0.4, -0.2) is 68.3 Å². The van der Waals surface area contributed by atoms with Gasteiger partial charge < -0.3 is 21.5 Å². The van der Waals surface area contributed by atoms with Crippen molar-refractivity contribution in [2.45, 2.75) is 63.8 Å². The van der Waals surface area contributed by atoms with Gasteiger partial charge in [0, 0.05) is 36.1 Å². The summed E-state index contributed by atoms with van der Waals surface area (Å²) in [6.07, 6.45) is 6.50. The van der Waals surface area contributed by atoms with Crippen LogP contribution in [0.15, 0.2) is 59.9 Å². The lowest BCUT2D eigenvalue weighted by molar-refractivity contribution is -0.129. The number of hydrogen-bond acceptors (Lipinski definition) is 9. The van der Waals surface area contributed by atoms with Crippen LogP contribution in [0.25, 0.3) is 16.6 Å². The summed E-state index contributed by atoms with van der Waals surface area (Å²) in [5, 5.41) is 16.0. The lowest BCUT2D eigenvalue weighted by atomic mass is 9.77. The summed E-state index contributed by atoms with van der Waals surface area (Å²) >= 11 is 0. The van der Waals surface area contributed by atoms with Gasteiger partial charge in [-0.05, 0) is 75.3 Å². The predicted molar refractivity (Wildman–Crippen MR) is 163 cm³/mol. The summed E-state index contributed by atoms with van der Waals surface area (Å²) < 4.78 is 0. The molecule has 1 aromatic heterocycles. The molecule has 2 aliphatic heterocycles. The highest BCUT2D eigenvalue weighted by Crippen LogP contribution is 2.35. The number of aliphatic imine (C=N–C) groups is 1. The molecule has 0 spiro atoms. The van der Waals surface area contributed by atoms with Crippen molar-refractivity contribution in [3.63, 3.8) is 0 Å². The zero-order valence-electron chi connectivity index (χ0n) is 24.0. The SMILES string of the molecule is CC(=NC1CC(CCCNc2ccc3c(c2)C(=O)N(C2CCC(=O)NC2O)C3=O)C1)C(=CN)c1cnc2ccccc2n1. The molecular formula is C32H35N7O4. The zero-order valence-corrected chi connectivity index (χ0v) is 24.0. The molecule has 6 rings (SSSR count). The van der Waals surface area contributed by atoms with E-state index in [0.717, 1.165) is 70.8 Å². The van der Waals surface area contributed by atoms with Gasteiger partial charge in [-0.2, -0.15) is 0 Å². The number of nitrogens with zero attached hydrogens (tertiary/aromatic N) is 4. The first-order chi connectivity index (χ1) is 20.8. The third kappa shape index (κ3) is 5.72. The molecule has 1 saturated heterocycles. The van der Waals surface area contributed by atoms with Crippen molar-refractivity contribution in [2.75, 3.05) is 11.9 Å². The van der Waals surface area contributed by atoms with Gasteiger partial charge in [0.15, 0.2) is 0 Å². The van der Waals surface area contributed by atoms with Crippen LogP contribution in [0.5, 0.6) is 0 Å². The summed E-state index contributed by atoms with van der Waals surface area (Å²) in [5.41, 5.74) is 11.4. The minimum Gasteiger partial charge on any atom is -0.404 e. The Kier molecular flexibility index (Phi) is 7.90. The average molecular weight is 582 g/mol. The Morgan fingerprint density at radius 2 is 1.91 bits per heavy atom. The van der Waals surface area contributed by atoms with E-state index in [0.29, 0.717) is 17.0 Å². The van der Waals surface area contributed by atoms with E-state index >= 15 is 0 Å². The number of hydrogen-bond donors (Lipinski definition) is 4. The van der Waals surface area contributed by atoms with Gasteiger partial charge in [0.2, 0.25) is 5.91 Å². The molecule has 1 saturated carbocycles. The molecule has 11 heteroatoms. The topological polar surface area (TPSA) is 163 Å². The maximum absolute atomic E-state index is 13.1. The Hall–Kier alpha value is -4.64. The van der Waals surface area contributed by atoms with E-state index < -0.39 is 24.1 Å². The number of imide groups is 1. The minimum absolute atomic E-state index is 0.155. The number of rotatable bonds is 9. The number of piperidine rings is 1. The molecule has 43 heavy (non-hydrogen) atoms. The number of para-hydroxylation sites is 2. The third-order valence-electron chi connectivity index (χ3n) is 8.58. The van der Waals surface area contributed by atoms with Crippen molar-refractivity contribution < 1.29 is 19.5 Å². The van der Waals surface area contributed by atoms with Crippen LogP contribution in [0, 0.1) is 5.92 Å². The minimum atomic E-state index is -1.26. The molecular weight excluding hydrogens is 546 g/mol. The fourth-order valence-corrected chi connectivity index (χ4v) is 6.20. The number of anilines is 1. The fraction of sp³-hybridized carbons (Fsp3) is 0.375. The van der Waals surface area contributed by atoms with Gasteiger partial charge >= 0.3 is 0 Å². The third-order valence-corrected chi connectivity index (χ3v) is 8.58. The summed E-state index contributed by atoms with van der Waals surface area (Å²) in [6.45, 7) is 2.71. The van der Waals surface area contributed by atoms with Gasteiger partial charge in [-0.15, -0.1) is 0 Å². The van der Waals surface area contributed by atoms with Crippen LogP contribution in [0.3, 0.4) is 0 Å². The fourth-order valence-electron chi connectivity index (χ4n) is 6.20. The normalized spacial score (nSPS) is 24.1. The first-order valence-corrected chi connectivity index (χ1v) is 14.7. The van der Waals surface area contributed by atoms with E-state index in [1.165, 1.54) is 0 Å². The summed E-state index contributed by atoms with van der Waals surface area (Å²) in [6, 6.07) is 12.4. The van der Waals surface area contributed by atoms with Crippen LogP contribution in [0.4, 0.5) is 5.69 Å². The van der Waals surface area contributed by atoms with Crippen LogP contribution in [-0.2, 0) is 4.79 Å². The highest BCUT2D eigenvalue weighted by molar-refractivity contribution is 6.22.